The van der Waals surface area contributed by atoms with E-state index < -0.39 is 5.82 Å². The molecule has 0 spiro atoms. The van der Waals surface area contributed by atoms with E-state index in [0.29, 0.717) is 29.0 Å². The van der Waals surface area contributed by atoms with Crippen LogP contribution in [0.3, 0.4) is 0 Å². The smallest absolute Gasteiger partial charge is 0.187 e. The predicted octanol–water partition coefficient (Wildman–Crippen LogP) is 3.97. The van der Waals surface area contributed by atoms with Gasteiger partial charge in [-0.3, -0.25) is 9.30 Å². The van der Waals surface area contributed by atoms with E-state index in [4.69, 9.17) is 15.5 Å². The van der Waals surface area contributed by atoms with Crippen molar-refractivity contribution in [2.75, 3.05) is 19.7 Å². The number of fused-ring (bicyclic) bond motifs is 2. The zero-order chi connectivity index (χ0) is 22.5. The van der Waals surface area contributed by atoms with Gasteiger partial charge in [0.2, 0.25) is 0 Å². The molecule has 1 aliphatic rings. The molecule has 1 saturated heterocycles. The minimum atomic E-state index is -0.393. The number of nitrogens with zero attached hydrogens (tertiary/aromatic N) is 5. The lowest BCUT2D eigenvalue weighted by Crippen LogP contribution is -2.39. The second kappa shape index (κ2) is 7.79. The number of likely N-dealkylation sites (tertiary alicyclic amines) is 1. The molecule has 0 unspecified atom stereocenters. The van der Waals surface area contributed by atoms with Gasteiger partial charge in [0.25, 0.3) is 0 Å². The Labute approximate surface area is 186 Å². The highest BCUT2D eigenvalue weighted by Gasteiger charge is 2.32. The number of aromatic nitrogens is 4. The zero-order valence-electron chi connectivity index (χ0n) is 18.5. The number of rotatable bonds is 5. The molecule has 5 rings (SSSR count). The third kappa shape index (κ3) is 3.69. The average Bonchev–Trinajstić information content (AvgIpc) is 3.36. The second-order valence-electron chi connectivity index (χ2n) is 8.87. The third-order valence-electron chi connectivity index (χ3n) is 6.26. The van der Waals surface area contributed by atoms with Crippen molar-refractivity contribution in [2.24, 2.45) is 5.73 Å². The van der Waals surface area contributed by atoms with Crippen LogP contribution < -0.4 is 10.5 Å². The molecular formula is C24H27FN6O. The van der Waals surface area contributed by atoms with E-state index in [1.807, 2.05) is 29.5 Å². The first-order valence-corrected chi connectivity index (χ1v) is 11.0. The first-order valence-electron chi connectivity index (χ1n) is 11.0. The van der Waals surface area contributed by atoms with Crippen LogP contribution in [-0.4, -0.2) is 49.7 Å². The van der Waals surface area contributed by atoms with Gasteiger partial charge >= 0.3 is 0 Å². The topological polar surface area (TPSA) is 81.6 Å². The lowest BCUT2D eigenvalue weighted by Gasteiger charge is -2.26. The molecule has 166 valence electrons. The molecule has 0 amide bonds. The number of halogens is 1. The number of benzene rings is 1. The van der Waals surface area contributed by atoms with Gasteiger partial charge in [0, 0.05) is 42.3 Å². The molecule has 0 saturated carbocycles. The summed E-state index contributed by atoms with van der Waals surface area (Å²) in [5, 5.41) is 9.40. The van der Waals surface area contributed by atoms with Crippen LogP contribution in [0.25, 0.3) is 28.1 Å². The predicted molar refractivity (Wildman–Crippen MR) is 122 cm³/mol. The standard InChI is InChI=1S/C24H27FN6O/c1-4-32-21-12-20-16(11-18(21)25)5-7-19(27-20)23-29-28-22-8-6-17(13-31(22)23)15(2)30-10-9-24(3,26)14-30/h5-8,11-13,15H,4,9-10,14,26H2,1-3H3/t15-,24-/m1/s1. The number of hydrogen-bond acceptors (Lipinski definition) is 6. The average molecular weight is 435 g/mol. The Kier molecular flexibility index (Phi) is 5.06. The summed E-state index contributed by atoms with van der Waals surface area (Å²) in [7, 11) is 0. The molecule has 0 radical (unpaired) electrons. The van der Waals surface area contributed by atoms with Gasteiger partial charge in [0.1, 0.15) is 5.69 Å². The van der Waals surface area contributed by atoms with E-state index in [-0.39, 0.29) is 17.3 Å². The summed E-state index contributed by atoms with van der Waals surface area (Å²) in [4.78, 5) is 7.13. The Morgan fingerprint density at radius 2 is 2.06 bits per heavy atom. The van der Waals surface area contributed by atoms with Crippen LogP contribution in [0.4, 0.5) is 4.39 Å². The van der Waals surface area contributed by atoms with E-state index in [2.05, 4.69) is 41.2 Å². The zero-order valence-corrected chi connectivity index (χ0v) is 18.5. The molecule has 0 bridgehead atoms. The normalized spacial score (nSPS) is 20.3. The summed E-state index contributed by atoms with van der Waals surface area (Å²) in [5.74, 6) is 0.448. The lowest BCUT2D eigenvalue weighted by atomic mass is 10.0. The molecule has 7 nitrogen and oxygen atoms in total. The van der Waals surface area contributed by atoms with Crippen molar-refractivity contribution in [3.05, 3.63) is 54.0 Å². The highest BCUT2D eigenvalue weighted by molar-refractivity contribution is 5.82. The van der Waals surface area contributed by atoms with Crippen LogP contribution in [0, 0.1) is 5.82 Å². The summed E-state index contributed by atoms with van der Waals surface area (Å²) in [6.45, 7) is 8.36. The molecule has 1 aromatic carbocycles. The molecule has 3 aromatic heterocycles. The molecule has 1 fully saturated rings. The van der Waals surface area contributed by atoms with E-state index >= 15 is 0 Å². The largest absolute Gasteiger partial charge is 0.491 e. The monoisotopic (exact) mass is 434 g/mol. The molecular weight excluding hydrogens is 407 g/mol. The van der Waals surface area contributed by atoms with Gasteiger partial charge in [-0.05, 0) is 51.0 Å². The van der Waals surface area contributed by atoms with Crippen LogP contribution in [0.2, 0.25) is 0 Å². The van der Waals surface area contributed by atoms with Crippen molar-refractivity contribution in [1.29, 1.82) is 0 Å². The maximum absolute atomic E-state index is 14.2. The van der Waals surface area contributed by atoms with Gasteiger partial charge in [-0.25, -0.2) is 9.37 Å². The number of nitrogens with two attached hydrogens (primary N) is 1. The van der Waals surface area contributed by atoms with Crippen molar-refractivity contribution in [1.82, 2.24) is 24.5 Å². The van der Waals surface area contributed by atoms with Crippen LogP contribution >= 0.6 is 0 Å². The van der Waals surface area contributed by atoms with Gasteiger partial charge in [-0.1, -0.05) is 12.1 Å². The van der Waals surface area contributed by atoms with Crippen molar-refractivity contribution in [3.8, 4) is 17.3 Å². The van der Waals surface area contributed by atoms with Crippen LogP contribution in [-0.2, 0) is 0 Å². The Morgan fingerprint density at radius 1 is 1.22 bits per heavy atom. The molecule has 8 heteroatoms. The van der Waals surface area contributed by atoms with Crippen molar-refractivity contribution < 1.29 is 9.13 Å². The van der Waals surface area contributed by atoms with E-state index in [9.17, 15) is 4.39 Å². The minimum Gasteiger partial charge on any atom is -0.491 e. The molecule has 2 atom stereocenters. The summed E-state index contributed by atoms with van der Waals surface area (Å²) in [6.07, 6.45) is 3.06. The summed E-state index contributed by atoms with van der Waals surface area (Å²) in [6, 6.07) is 11.1. The first-order chi connectivity index (χ1) is 15.3. The fourth-order valence-electron chi connectivity index (χ4n) is 4.41. The highest BCUT2D eigenvalue weighted by atomic mass is 19.1. The first kappa shape index (κ1) is 20.8. The summed E-state index contributed by atoms with van der Waals surface area (Å²) >= 11 is 0. The van der Waals surface area contributed by atoms with Gasteiger partial charge in [0.05, 0.1) is 12.1 Å². The van der Waals surface area contributed by atoms with E-state index in [0.717, 1.165) is 30.7 Å². The van der Waals surface area contributed by atoms with E-state index in [1.54, 1.807) is 6.07 Å². The number of pyridine rings is 2. The molecule has 4 heterocycles. The minimum absolute atomic E-state index is 0.144. The summed E-state index contributed by atoms with van der Waals surface area (Å²) < 4.78 is 21.5. The Morgan fingerprint density at radius 3 is 2.81 bits per heavy atom. The van der Waals surface area contributed by atoms with Crippen LogP contribution in [0.5, 0.6) is 5.75 Å². The maximum Gasteiger partial charge on any atom is 0.187 e. The SMILES string of the molecule is CCOc1cc2nc(-c3nnc4ccc([C@@H](C)N5CC[C@@](C)(N)C5)cn34)ccc2cc1F. The fraction of sp³-hybridized carbons (Fsp3) is 0.375. The number of hydrogen-bond donors (Lipinski definition) is 1. The quantitative estimate of drug-likeness (QED) is 0.512. The Hall–Kier alpha value is -3.10. The third-order valence-corrected chi connectivity index (χ3v) is 6.26. The Balaban J connectivity index is 1.53. The van der Waals surface area contributed by atoms with Gasteiger partial charge in [0.15, 0.2) is 23.0 Å². The van der Waals surface area contributed by atoms with E-state index in [1.165, 1.54) is 6.07 Å². The Bertz CT molecular complexity index is 1300. The van der Waals surface area contributed by atoms with Crippen molar-refractivity contribution in [2.45, 2.75) is 38.8 Å². The molecule has 2 N–H and O–H groups in total. The summed E-state index contributed by atoms with van der Waals surface area (Å²) in [5.41, 5.74) is 9.42. The molecule has 0 aliphatic carbocycles. The van der Waals surface area contributed by atoms with Crippen molar-refractivity contribution in [3.63, 3.8) is 0 Å². The van der Waals surface area contributed by atoms with Gasteiger partial charge in [-0.2, -0.15) is 0 Å². The van der Waals surface area contributed by atoms with Crippen molar-refractivity contribution >= 4 is 16.6 Å². The lowest BCUT2D eigenvalue weighted by molar-refractivity contribution is 0.248. The second-order valence-corrected chi connectivity index (χ2v) is 8.87. The van der Waals surface area contributed by atoms with Crippen LogP contribution in [0.15, 0.2) is 42.6 Å². The molecule has 1 aliphatic heterocycles. The molecule has 32 heavy (non-hydrogen) atoms. The van der Waals surface area contributed by atoms with Crippen LogP contribution in [0.1, 0.15) is 38.8 Å². The maximum atomic E-state index is 14.2. The van der Waals surface area contributed by atoms with Gasteiger partial charge < -0.3 is 10.5 Å². The van der Waals surface area contributed by atoms with Gasteiger partial charge in [-0.15, -0.1) is 10.2 Å². The molecule has 4 aromatic rings. The highest BCUT2D eigenvalue weighted by Crippen LogP contribution is 2.30. The number of ether oxygens (including phenoxy) is 1. The fourth-order valence-corrected chi connectivity index (χ4v) is 4.41.